The molecular weight excluding hydrogens is 226 g/mol. The molecule has 0 atom stereocenters. The molecule has 0 radical (unpaired) electrons. The number of carbonyl (C=O) groups excluding carboxylic acids is 1. The van der Waals surface area contributed by atoms with Crippen LogP contribution in [0.1, 0.15) is 19.4 Å². The van der Waals surface area contributed by atoms with E-state index in [-0.39, 0.29) is 5.91 Å². The maximum Gasteiger partial charge on any atom is 0.242 e. The van der Waals surface area contributed by atoms with E-state index in [0.29, 0.717) is 6.54 Å². The lowest BCUT2D eigenvalue weighted by atomic mass is 10.1. The van der Waals surface area contributed by atoms with Gasteiger partial charge in [-0.1, -0.05) is 6.07 Å². The Bertz CT molecular complexity index is 441. The van der Waals surface area contributed by atoms with Crippen molar-refractivity contribution in [3.05, 3.63) is 23.8 Å². The van der Waals surface area contributed by atoms with Crippen LogP contribution in [0.2, 0.25) is 0 Å². The number of nitrogens with two attached hydrogens (primary N) is 1. The summed E-state index contributed by atoms with van der Waals surface area (Å²) >= 11 is 0. The molecule has 0 unspecified atom stereocenters. The first-order valence-electron chi connectivity index (χ1n) is 6.57. The van der Waals surface area contributed by atoms with Gasteiger partial charge in [0.2, 0.25) is 5.91 Å². The van der Waals surface area contributed by atoms with E-state index in [1.165, 1.54) is 5.56 Å². The molecule has 2 rings (SSSR count). The molecule has 0 fully saturated rings. The number of fused-ring (bicyclic) bond motifs is 1. The summed E-state index contributed by atoms with van der Waals surface area (Å²) in [7, 11) is 0. The number of likely N-dealkylation sites (N-methyl/N-ethyl adjacent to an activating group) is 1. The largest absolute Gasteiger partial charge is 0.398 e. The summed E-state index contributed by atoms with van der Waals surface area (Å²) < 4.78 is 0. The highest BCUT2D eigenvalue weighted by atomic mass is 16.2. The van der Waals surface area contributed by atoms with Crippen LogP contribution in [-0.2, 0) is 11.2 Å². The fraction of sp³-hybridized carbons (Fsp3) is 0.500. The van der Waals surface area contributed by atoms with Crippen LogP contribution in [0.4, 0.5) is 11.4 Å². The second kappa shape index (κ2) is 5.29. The predicted molar refractivity (Wildman–Crippen MR) is 74.7 cm³/mol. The van der Waals surface area contributed by atoms with Crippen molar-refractivity contribution in [2.75, 3.05) is 36.8 Å². The van der Waals surface area contributed by atoms with E-state index >= 15 is 0 Å². The van der Waals surface area contributed by atoms with Crippen molar-refractivity contribution < 1.29 is 4.79 Å². The van der Waals surface area contributed by atoms with Crippen LogP contribution in [0.3, 0.4) is 0 Å². The quantitative estimate of drug-likeness (QED) is 0.820. The van der Waals surface area contributed by atoms with Crippen molar-refractivity contribution in [3.63, 3.8) is 0 Å². The summed E-state index contributed by atoms with van der Waals surface area (Å²) in [5.41, 5.74) is 9.10. The molecule has 0 saturated heterocycles. The van der Waals surface area contributed by atoms with Crippen LogP contribution in [0.5, 0.6) is 0 Å². The number of nitrogens with zero attached hydrogens (tertiary/aromatic N) is 2. The van der Waals surface area contributed by atoms with Crippen molar-refractivity contribution in [3.8, 4) is 0 Å². The van der Waals surface area contributed by atoms with Gasteiger partial charge in [-0.25, -0.2) is 0 Å². The first-order valence-corrected chi connectivity index (χ1v) is 6.57. The Morgan fingerprint density at radius 3 is 2.78 bits per heavy atom. The summed E-state index contributed by atoms with van der Waals surface area (Å²) in [5, 5.41) is 0. The second-order valence-electron chi connectivity index (χ2n) is 4.58. The molecule has 98 valence electrons. The lowest BCUT2D eigenvalue weighted by molar-refractivity contribution is -0.129. The smallest absolute Gasteiger partial charge is 0.242 e. The van der Waals surface area contributed by atoms with Gasteiger partial charge in [0.25, 0.3) is 0 Å². The molecule has 1 aromatic rings. The number of nitrogen functional groups attached to an aromatic ring is 1. The fourth-order valence-corrected chi connectivity index (χ4v) is 2.53. The Hall–Kier alpha value is -1.71. The Morgan fingerprint density at radius 2 is 2.11 bits per heavy atom. The van der Waals surface area contributed by atoms with Gasteiger partial charge in [-0.2, -0.15) is 0 Å². The predicted octanol–water partition coefficient (Wildman–Crippen LogP) is 1.50. The zero-order valence-electron chi connectivity index (χ0n) is 11.1. The average Bonchev–Trinajstić information content (AvgIpc) is 2.76. The van der Waals surface area contributed by atoms with Crippen LogP contribution in [0, 0.1) is 0 Å². The molecule has 0 bridgehead atoms. The number of hydrogen-bond donors (Lipinski definition) is 1. The number of anilines is 2. The van der Waals surface area contributed by atoms with Crippen molar-refractivity contribution in [1.29, 1.82) is 0 Å². The summed E-state index contributed by atoms with van der Waals surface area (Å²) in [5.74, 6) is 0.190. The number of rotatable bonds is 4. The lowest BCUT2D eigenvalue weighted by Crippen LogP contribution is -2.39. The van der Waals surface area contributed by atoms with E-state index in [9.17, 15) is 4.79 Å². The molecule has 0 saturated carbocycles. The van der Waals surface area contributed by atoms with Crippen molar-refractivity contribution in [2.45, 2.75) is 20.3 Å². The van der Waals surface area contributed by atoms with Crippen LogP contribution in [0.25, 0.3) is 0 Å². The monoisotopic (exact) mass is 247 g/mol. The van der Waals surface area contributed by atoms with Gasteiger partial charge in [-0.15, -0.1) is 0 Å². The SMILES string of the molecule is CCN(CC)C(=O)CN1CCc2c(N)cccc21. The Morgan fingerprint density at radius 1 is 1.39 bits per heavy atom. The van der Waals surface area contributed by atoms with Gasteiger partial charge in [0.1, 0.15) is 0 Å². The third-order valence-electron chi connectivity index (χ3n) is 3.60. The van der Waals surface area contributed by atoms with E-state index in [1.54, 1.807) is 0 Å². The standard InChI is InChI=1S/C14H21N3O/c1-3-16(4-2)14(18)10-17-9-8-11-12(15)6-5-7-13(11)17/h5-7H,3-4,8-10,15H2,1-2H3. The molecule has 1 aliphatic rings. The highest BCUT2D eigenvalue weighted by Crippen LogP contribution is 2.31. The maximum absolute atomic E-state index is 12.1. The Labute approximate surface area is 108 Å². The molecule has 4 heteroatoms. The third kappa shape index (κ3) is 2.28. The Kier molecular flexibility index (Phi) is 3.75. The summed E-state index contributed by atoms with van der Waals surface area (Å²) in [4.78, 5) is 16.1. The molecule has 4 nitrogen and oxygen atoms in total. The van der Waals surface area contributed by atoms with E-state index in [4.69, 9.17) is 5.73 Å². The minimum Gasteiger partial charge on any atom is -0.398 e. The minimum absolute atomic E-state index is 0.190. The second-order valence-corrected chi connectivity index (χ2v) is 4.58. The van der Waals surface area contributed by atoms with E-state index in [2.05, 4.69) is 4.90 Å². The first-order chi connectivity index (χ1) is 8.67. The van der Waals surface area contributed by atoms with E-state index < -0.39 is 0 Å². The molecule has 1 aromatic carbocycles. The molecule has 18 heavy (non-hydrogen) atoms. The Balaban J connectivity index is 2.10. The molecule has 0 aliphatic carbocycles. The van der Waals surface area contributed by atoms with Crippen molar-refractivity contribution >= 4 is 17.3 Å². The van der Waals surface area contributed by atoms with Crippen LogP contribution >= 0.6 is 0 Å². The van der Waals surface area contributed by atoms with Crippen molar-refractivity contribution in [2.24, 2.45) is 0 Å². The third-order valence-corrected chi connectivity index (χ3v) is 3.60. The van der Waals surface area contributed by atoms with Gasteiger partial charge < -0.3 is 15.5 Å². The number of amides is 1. The van der Waals surface area contributed by atoms with Crippen LogP contribution in [-0.4, -0.2) is 37.0 Å². The molecule has 1 amide bonds. The van der Waals surface area contributed by atoms with Crippen molar-refractivity contribution in [1.82, 2.24) is 4.90 Å². The molecular formula is C14H21N3O. The molecule has 0 aromatic heterocycles. The average molecular weight is 247 g/mol. The normalized spacial score (nSPS) is 13.6. The van der Waals surface area contributed by atoms with Gasteiger partial charge in [-0.3, -0.25) is 4.79 Å². The minimum atomic E-state index is 0.190. The van der Waals surface area contributed by atoms with E-state index in [0.717, 1.165) is 37.4 Å². The zero-order valence-corrected chi connectivity index (χ0v) is 11.1. The van der Waals surface area contributed by atoms with Crippen LogP contribution < -0.4 is 10.6 Å². The molecule has 2 N–H and O–H groups in total. The van der Waals surface area contributed by atoms with Gasteiger partial charge in [-0.05, 0) is 32.4 Å². The zero-order chi connectivity index (χ0) is 13.1. The summed E-state index contributed by atoms with van der Waals surface area (Å²) in [6.45, 7) is 6.91. The van der Waals surface area contributed by atoms with Gasteiger partial charge >= 0.3 is 0 Å². The molecule has 0 spiro atoms. The highest BCUT2D eigenvalue weighted by Gasteiger charge is 2.23. The maximum atomic E-state index is 12.1. The number of hydrogen-bond acceptors (Lipinski definition) is 3. The summed E-state index contributed by atoms with van der Waals surface area (Å²) in [6.07, 6.45) is 0.938. The molecule has 1 aliphatic heterocycles. The number of carbonyl (C=O) groups is 1. The fourth-order valence-electron chi connectivity index (χ4n) is 2.53. The number of benzene rings is 1. The van der Waals surface area contributed by atoms with Gasteiger partial charge in [0.05, 0.1) is 6.54 Å². The van der Waals surface area contributed by atoms with E-state index in [1.807, 2.05) is 36.9 Å². The van der Waals surface area contributed by atoms with Crippen LogP contribution in [0.15, 0.2) is 18.2 Å². The lowest BCUT2D eigenvalue weighted by Gasteiger charge is -2.24. The highest BCUT2D eigenvalue weighted by molar-refractivity contribution is 5.83. The topological polar surface area (TPSA) is 49.6 Å². The van der Waals surface area contributed by atoms with Gasteiger partial charge in [0, 0.05) is 36.6 Å². The first kappa shape index (κ1) is 12.7. The molecule has 1 heterocycles. The summed E-state index contributed by atoms with van der Waals surface area (Å²) in [6, 6.07) is 5.93. The van der Waals surface area contributed by atoms with Gasteiger partial charge in [0.15, 0.2) is 0 Å².